The lowest BCUT2D eigenvalue weighted by Crippen LogP contribution is -2.43. The molecule has 2 heterocycles. The van der Waals surface area contributed by atoms with Gasteiger partial charge in [0.1, 0.15) is 17.7 Å². The number of alkyl halides is 1. The molecule has 39 heavy (non-hydrogen) atoms. The van der Waals surface area contributed by atoms with E-state index in [2.05, 4.69) is 15.2 Å². The summed E-state index contributed by atoms with van der Waals surface area (Å²) in [5, 5.41) is 13.1. The molecule has 3 aromatic rings. The third-order valence-electron chi connectivity index (χ3n) is 7.49. The van der Waals surface area contributed by atoms with Crippen LogP contribution in [0.3, 0.4) is 0 Å². The molecule has 4 rings (SSSR count). The Labute approximate surface area is 228 Å². The van der Waals surface area contributed by atoms with Crippen LogP contribution in [0.25, 0.3) is 10.9 Å². The van der Waals surface area contributed by atoms with E-state index >= 15 is 4.39 Å². The monoisotopic (exact) mass is 567 g/mol. The summed E-state index contributed by atoms with van der Waals surface area (Å²) in [5.74, 6) is -3.67. The number of hydrogen-bond donors (Lipinski definition) is 2. The van der Waals surface area contributed by atoms with E-state index in [9.17, 15) is 23.1 Å². The van der Waals surface area contributed by atoms with Crippen LogP contribution in [0, 0.1) is 22.9 Å². The van der Waals surface area contributed by atoms with E-state index < -0.39 is 35.0 Å². The number of anilines is 1. The predicted octanol–water partition coefficient (Wildman–Crippen LogP) is 6.77. The van der Waals surface area contributed by atoms with Crippen LogP contribution >= 0.6 is 11.6 Å². The van der Waals surface area contributed by atoms with Gasteiger partial charge in [0.25, 0.3) is 0 Å². The van der Waals surface area contributed by atoms with Crippen LogP contribution in [0.4, 0.5) is 23.2 Å². The number of nitrogens with one attached hydrogen (secondary N) is 1. The molecule has 1 aliphatic rings. The van der Waals surface area contributed by atoms with Gasteiger partial charge in [0.05, 0.1) is 29.8 Å². The molecule has 0 radical (unpaired) electrons. The molecule has 210 valence electrons. The molecule has 0 spiro atoms. The summed E-state index contributed by atoms with van der Waals surface area (Å²) >= 11 is 6.36. The van der Waals surface area contributed by atoms with Gasteiger partial charge in [0.15, 0.2) is 11.6 Å². The summed E-state index contributed by atoms with van der Waals surface area (Å²) < 4.78 is 61.7. The number of nitrogens with zero attached hydrogens (tertiary/aromatic N) is 2. The number of piperidine rings is 1. The van der Waals surface area contributed by atoms with E-state index in [0.29, 0.717) is 67.2 Å². The third kappa shape index (κ3) is 6.91. The quantitative estimate of drug-likeness (QED) is 0.197. The highest BCUT2D eigenvalue weighted by atomic mass is 35.5. The Morgan fingerprint density at radius 2 is 1.97 bits per heavy atom. The summed E-state index contributed by atoms with van der Waals surface area (Å²) in [4.78, 5) is 18.1. The number of aliphatic carboxylic acids is 1. The second-order valence-electron chi connectivity index (χ2n) is 10.00. The van der Waals surface area contributed by atoms with Gasteiger partial charge in [0, 0.05) is 42.4 Å². The Hall–Kier alpha value is -3.11. The summed E-state index contributed by atoms with van der Waals surface area (Å²) in [6.45, 7) is 1.83. The largest absolute Gasteiger partial charge is 0.497 e. The normalized spacial score (nSPS) is 16.3. The third-order valence-corrected chi connectivity index (χ3v) is 7.79. The summed E-state index contributed by atoms with van der Waals surface area (Å²) in [6.07, 6.45) is 1.42. The molecular formula is C28H30ClF4N3O3. The molecular weight excluding hydrogens is 538 g/mol. The molecule has 0 saturated carbocycles. The second-order valence-corrected chi connectivity index (χ2v) is 10.4. The zero-order valence-corrected chi connectivity index (χ0v) is 22.2. The average molecular weight is 568 g/mol. The number of hydrogen-bond acceptors (Lipinski definition) is 5. The minimum Gasteiger partial charge on any atom is -0.497 e. The SMILES string of the molecule is COc1ccc2ncc(Cl)c([C@@H](F)CCC3(CC(=O)O)CCN(CCNc4cc(F)cc(F)c4F)CC3)c2c1. The van der Waals surface area contributed by atoms with Crippen LogP contribution in [0.15, 0.2) is 36.5 Å². The first kappa shape index (κ1) is 28.9. The first-order chi connectivity index (χ1) is 18.6. The molecule has 1 atom stereocenters. The van der Waals surface area contributed by atoms with Gasteiger partial charge in [-0.1, -0.05) is 11.6 Å². The van der Waals surface area contributed by atoms with Crippen molar-refractivity contribution in [2.75, 3.05) is 38.6 Å². The van der Waals surface area contributed by atoms with E-state index in [-0.39, 0.29) is 30.1 Å². The van der Waals surface area contributed by atoms with Crippen molar-refractivity contribution in [2.45, 2.75) is 38.3 Å². The number of carbonyl (C=O) groups is 1. The summed E-state index contributed by atoms with van der Waals surface area (Å²) in [5.41, 5.74) is 0.0559. The first-order valence-corrected chi connectivity index (χ1v) is 13.1. The van der Waals surface area contributed by atoms with Gasteiger partial charge in [-0.2, -0.15) is 0 Å². The van der Waals surface area contributed by atoms with Crippen molar-refractivity contribution in [3.8, 4) is 5.75 Å². The van der Waals surface area contributed by atoms with Crippen molar-refractivity contribution in [3.63, 3.8) is 0 Å². The van der Waals surface area contributed by atoms with Crippen LogP contribution in [0.1, 0.15) is 43.8 Å². The highest BCUT2D eigenvalue weighted by molar-refractivity contribution is 6.32. The van der Waals surface area contributed by atoms with Crippen molar-refractivity contribution in [2.24, 2.45) is 5.41 Å². The van der Waals surface area contributed by atoms with Crippen molar-refractivity contribution in [3.05, 3.63) is 64.6 Å². The molecule has 0 unspecified atom stereocenters. The average Bonchev–Trinajstić information content (AvgIpc) is 2.90. The highest BCUT2D eigenvalue weighted by Crippen LogP contribution is 2.44. The Morgan fingerprint density at radius 3 is 2.67 bits per heavy atom. The maximum atomic E-state index is 15.7. The number of methoxy groups -OCH3 is 1. The number of halogens is 5. The van der Waals surface area contributed by atoms with Gasteiger partial charge in [0.2, 0.25) is 0 Å². The highest BCUT2D eigenvalue weighted by Gasteiger charge is 2.37. The minimum atomic E-state index is -1.43. The van der Waals surface area contributed by atoms with Gasteiger partial charge < -0.3 is 20.1 Å². The van der Waals surface area contributed by atoms with Crippen LogP contribution in [-0.2, 0) is 4.79 Å². The Kier molecular flexibility index (Phi) is 9.17. The molecule has 1 saturated heterocycles. The van der Waals surface area contributed by atoms with E-state index in [0.717, 1.165) is 6.07 Å². The maximum Gasteiger partial charge on any atom is 0.303 e. The zero-order chi connectivity index (χ0) is 28.2. The van der Waals surface area contributed by atoms with E-state index in [1.165, 1.54) is 13.3 Å². The van der Waals surface area contributed by atoms with Crippen LogP contribution < -0.4 is 10.1 Å². The first-order valence-electron chi connectivity index (χ1n) is 12.7. The molecule has 2 N–H and O–H groups in total. The van der Waals surface area contributed by atoms with Gasteiger partial charge >= 0.3 is 5.97 Å². The number of rotatable bonds is 11. The van der Waals surface area contributed by atoms with Crippen molar-refractivity contribution >= 4 is 34.2 Å². The lowest BCUT2D eigenvalue weighted by atomic mass is 9.71. The minimum absolute atomic E-state index is 0.0851. The molecule has 1 aromatic heterocycles. The van der Waals surface area contributed by atoms with Crippen LogP contribution in [0.2, 0.25) is 5.02 Å². The lowest BCUT2D eigenvalue weighted by Gasteiger charge is -2.41. The van der Waals surface area contributed by atoms with E-state index in [4.69, 9.17) is 16.3 Å². The Balaban J connectivity index is 1.39. The van der Waals surface area contributed by atoms with Crippen molar-refractivity contribution < 1.29 is 32.2 Å². The summed E-state index contributed by atoms with van der Waals surface area (Å²) in [7, 11) is 1.52. The van der Waals surface area contributed by atoms with E-state index in [1.54, 1.807) is 18.2 Å². The smallest absolute Gasteiger partial charge is 0.303 e. The zero-order valence-electron chi connectivity index (χ0n) is 21.5. The predicted molar refractivity (Wildman–Crippen MR) is 142 cm³/mol. The standard InChI is InChI=1S/C28H30ClF4N3O3/c1-39-18-2-3-23-19(14-18)26(20(29)16-35-23)21(31)4-5-28(15-25(37)38)6-9-36(10-7-28)11-8-34-24-13-17(30)12-22(32)27(24)33/h2-3,12-14,16,21,34H,4-11,15H2,1H3,(H,37,38)/t21-/m0/s1. The van der Waals surface area contributed by atoms with Gasteiger partial charge in [-0.3, -0.25) is 9.78 Å². The fourth-order valence-corrected chi connectivity index (χ4v) is 5.58. The number of carboxylic acids is 1. The number of fused-ring (bicyclic) bond motifs is 1. The maximum absolute atomic E-state index is 15.7. The number of aromatic nitrogens is 1. The van der Waals surface area contributed by atoms with Gasteiger partial charge in [-0.15, -0.1) is 0 Å². The Bertz CT molecular complexity index is 1340. The lowest BCUT2D eigenvalue weighted by molar-refractivity contribution is -0.141. The molecule has 0 aliphatic carbocycles. The fraction of sp³-hybridized carbons (Fsp3) is 0.429. The Morgan fingerprint density at radius 1 is 1.23 bits per heavy atom. The van der Waals surface area contributed by atoms with Crippen LogP contribution in [-0.4, -0.2) is 54.2 Å². The van der Waals surface area contributed by atoms with Crippen molar-refractivity contribution in [1.29, 1.82) is 0 Å². The molecule has 1 fully saturated rings. The van der Waals surface area contributed by atoms with Crippen molar-refractivity contribution in [1.82, 2.24) is 9.88 Å². The van der Waals surface area contributed by atoms with Crippen LogP contribution in [0.5, 0.6) is 5.75 Å². The number of benzene rings is 2. The fourth-order valence-electron chi connectivity index (χ4n) is 5.31. The molecule has 6 nitrogen and oxygen atoms in total. The molecule has 0 bridgehead atoms. The molecule has 11 heteroatoms. The molecule has 2 aromatic carbocycles. The molecule has 1 aliphatic heterocycles. The van der Waals surface area contributed by atoms with E-state index in [1.807, 2.05) is 0 Å². The number of pyridine rings is 1. The second kappa shape index (κ2) is 12.4. The topological polar surface area (TPSA) is 74.7 Å². The molecule has 0 amide bonds. The number of ether oxygens (including phenoxy) is 1. The van der Waals surface area contributed by atoms with Gasteiger partial charge in [-0.25, -0.2) is 17.6 Å². The number of carboxylic acid groups (broad SMARTS) is 1. The summed E-state index contributed by atoms with van der Waals surface area (Å²) in [6, 6.07) is 6.54. The number of likely N-dealkylation sites (tertiary alicyclic amines) is 1. The van der Waals surface area contributed by atoms with Gasteiger partial charge in [-0.05, 0) is 62.4 Å².